The summed E-state index contributed by atoms with van der Waals surface area (Å²) in [6.07, 6.45) is 3.04. The first-order valence-corrected chi connectivity index (χ1v) is 8.88. The third-order valence-corrected chi connectivity index (χ3v) is 5.88. The highest BCUT2D eigenvalue weighted by Crippen LogP contribution is 2.59. The van der Waals surface area contributed by atoms with Gasteiger partial charge in [-0.2, -0.15) is 0 Å². The summed E-state index contributed by atoms with van der Waals surface area (Å²) in [5, 5.41) is 9.85. The minimum absolute atomic E-state index is 0.0420. The van der Waals surface area contributed by atoms with Crippen molar-refractivity contribution in [2.75, 3.05) is 13.1 Å². The summed E-state index contributed by atoms with van der Waals surface area (Å²) in [5.41, 5.74) is 0.521. The van der Waals surface area contributed by atoms with Crippen LogP contribution in [0.1, 0.15) is 38.7 Å². The summed E-state index contributed by atoms with van der Waals surface area (Å²) in [6.45, 7) is 5.28. The fourth-order valence-corrected chi connectivity index (χ4v) is 4.28. The normalized spacial score (nSPS) is 22.5. The third kappa shape index (κ3) is 3.30. The first kappa shape index (κ1) is 17.3. The van der Waals surface area contributed by atoms with Gasteiger partial charge in [-0.1, -0.05) is 37.6 Å². The number of piperidine rings is 1. The van der Waals surface area contributed by atoms with Crippen molar-refractivity contribution in [1.29, 1.82) is 0 Å². The number of halogens is 1. The van der Waals surface area contributed by atoms with Gasteiger partial charge in [-0.05, 0) is 48.8 Å². The molecule has 0 radical (unpaired) electrons. The lowest BCUT2D eigenvalue weighted by molar-refractivity contribution is -0.142. The maximum atomic E-state index is 12.9. The monoisotopic (exact) mass is 349 g/mol. The smallest absolute Gasteiger partial charge is 0.307 e. The van der Waals surface area contributed by atoms with Crippen LogP contribution in [-0.4, -0.2) is 35.0 Å². The topological polar surface area (TPSA) is 57.6 Å². The average Bonchev–Trinajstić information content (AvgIpc) is 3.21. The van der Waals surface area contributed by atoms with E-state index in [1.165, 1.54) is 0 Å². The number of rotatable bonds is 4. The van der Waals surface area contributed by atoms with Gasteiger partial charge >= 0.3 is 5.97 Å². The number of carboxylic acid groups (broad SMARTS) is 1. The number of carbonyl (C=O) groups excluding carboxylic acids is 1. The lowest BCUT2D eigenvalue weighted by Crippen LogP contribution is -2.46. The number of amides is 1. The Morgan fingerprint density at radius 3 is 2.54 bits per heavy atom. The Hall–Kier alpha value is -1.55. The fourth-order valence-electron chi connectivity index (χ4n) is 4.07. The van der Waals surface area contributed by atoms with E-state index in [0.717, 1.165) is 24.8 Å². The third-order valence-electron chi connectivity index (χ3n) is 5.65. The van der Waals surface area contributed by atoms with E-state index in [9.17, 15) is 14.7 Å². The van der Waals surface area contributed by atoms with E-state index >= 15 is 0 Å². The van der Waals surface area contributed by atoms with Crippen molar-refractivity contribution in [3.63, 3.8) is 0 Å². The second-order valence-corrected chi connectivity index (χ2v) is 8.38. The predicted octanol–water partition coefficient (Wildman–Crippen LogP) is 3.62. The van der Waals surface area contributed by atoms with Crippen molar-refractivity contribution in [3.8, 4) is 0 Å². The molecule has 1 saturated carbocycles. The minimum atomic E-state index is -0.684. The molecular formula is C19H24ClNO3. The van der Waals surface area contributed by atoms with Crippen LogP contribution >= 0.6 is 11.6 Å². The van der Waals surface area contributed by atoms with E-state index in [2.05, 4.69) is 0 Å². The Morgan fingerprint density at radius 2 is 2.00 bits per heavy atom. The van der Waals surface area contributed by atoms with Crippen LogP contribution in [-0.2, 0) is 16.0 Å². The van der Waals surface area contributed by atoms with Crippen LogP contribution in [0.4, 0.5) is 0 Å². The Balaban J connectivity index is 1.61. The molecule has 1 spiro atoms. The van der Waals surface area contributed by atoms with E-state index in [1.807, 2.05) is 43.0 Å². The number of nitrogens with zero attached hydrogens (tertiary/aromatic N) is 1. The number of likely N-dealkylation sites (tertiary alicyclic amines) is 1. The summed E-state index contributed by atoms with van der Waals surface area (Å²) in [4.78, 5) is 26.0. The SMILES string of the molecule is CC(C)(Cc1cccc(Cl)c1)C(=O)N1CCC2(CC1)CC2C(=O)O. The van der Waals surface area contributed by atoms with Gasteiger partial charge in [-0.15, -0.1) is 0 Å². The standard InChI is InChI=1S/C19H24ClNO3/c1-18(2,11-13-4-3-5-14(20)10-13)17(24)21-8-6-19(7-9-21)12-15(19)16(22)23/h3-5,10,15H,6-9,11-12H2,1-2H3,(H,22,23). The second kappa shape index (κ2) is 6.07. The van der Waals surface area contributed by atoms with Crippen LogP contribution in [0.2, 0.25) is 5.02 Å². The molecule has 130 valence electrons. The van der Waals surface area contributed by atoms with E-state index < -0.39 is 11.4 Å². The molecule has 0 bridgehead atoms. The second-order valence-electron chi connectivity index (χ2n) is 7.94. The van der Waals surface area contributed by atoms with Crippen LogP contribution in [0.15, 0.2) is 24.3 Å². The van der Waals surface area contributed by atoms with Crippen LogP contribution in [0.3, 0.4) is 0 Å². The number of carbonyl (C=O) groups is 2. The van der Waals surface area contributed by atoms with Gasteiger partial charge in [0.05, 0.1) is 5.92 Å². The Bertz CT molecular complexity index is 662. The molecule has 1 heterocycles. The molecule has 1 atom stereocenters. The molecule has 1 unspecified atom stereocenters. The van der Waals surface area contributed by atoms with Gasteiger partial charge in [-0.25, -0.2) is 0 Å². The van der Waals surface area contributed by atoms with E-state index in [-0.39, 0.29) is 17.2 Å². The largest absolute Gasteiger partial charge is 0.481 e. The molecule has 5 heteroatoms. The molecule has 1 saturated heterocycles. The van der Waals surface area contributed by atoms with Gasteiger partial charge in [0.2, 0.25) is 5.91 Å². The zero-order valence-corrected chi connectivity index (χ0v) is 15.0. The highest BCUT2D eigenvalue weighted by Gasteiger charge is 2.59. The van der Waals surface area contributed by atoms with Gasteiger partial charge in [-0.3, -0.25) is 9.59 Å². The van der Waals surface area contributed by atoms with Crippen LogP contribution < -0.4 is 0 Å². The molecule has 1 aliphatic heterocycles. The van der Waals surface area contributed by atoms with Crippen LogP contribution in [0.25, 0.3) is 0 Å². The quantitative estimate of drug-likeness (QED) is 0.903. The Kier molecular flexibility index (Phi) is 4.37. The van der Waals surface area contributed by atoms with Crippen molar-refractivity contribution in [2.45, 2.75) is 39.5 Å². The molecule has 1 aromatic rings. The molecule has 2 aliphatic rings. The molecule has 1 N–H and O–H groups in total. The molecule has 1 amide bonds. The maximum absolute atomic E-state index is 12.9. The van der Waals surface area contributed by atoms with Gasteiger partial charge in [0.1, 0.15) is 0 Å². The molecule has 3 rings (SSSR count). The first-order valence-electron chi connectivity index (χ1n) is 8.50. The van der Waals surface area contributed by atoms with Crippen molar-refractivity contribution in [2.24, 2.45) is 16.7 Å². The molecule has 4 nitrogen and oxygen atoms in total. The summed E-state index contributed by atoms with van der Waals surface area (Å²) < 4.78 is 0. The van der Waals surface area contributed by atoms with E-state index in [0.29, 0.717) is 24.5 Å². The van der Waals surface area contributed by atoms with Gasteiger partial charge < -0.3 is 10.0 Å². The van der Waals surface area contributed by atoms with Gasteiger partial charge in [0, 0.05) is 23.5 Å². The Morgan fingerprint density at radius 1 is 1.33 bits per heavy atom. The zero-order valence-electron chi connectivity index (χ0n) is 14.2. The molecule has 1 aromatic carbocycles. The number of hydrogen-bond donors (Lipinski definition) is 1. The van der Waals surface area contributed by atoms with Crippen LogP contribution in [0.5, 0.6) is 0 Å². The lowest BCUT2D eigenvalue weighted by Gasteiger charge is -2.37. The molecular weight excluding hydrogens is 326 g/mol. The van der Waals surface area contributed by atoms with E-state index in [4.69, 9.17) is 11.6 Å². The van der Waals surface area contributed by atoms with E-state index in [1.54, 1.807) is 0 Å². The number of carboxylic acids is 1. The van der Waals surface area contributed by atoms with Gasteiger partial charge in [0.25, 0.3) is 0 Å². The Labute approximate surface area is 147 Å². The highest BCUT2D eigenvalue weighted by molar-refractivity contribution is 6.30. The van der Waals surface area contributed by atoms with Crippen molar-refractivity contribution >= 4 is 23.5 Å². The number of benzene rings is 1. The lowest BCUT2D eigenvalue weighted by atomic mass is 9.82. The zero-order chi connectivity index (χ0) is 17.5. The number of hydrogen-bond acceptors (Lipinski definition) is 2. The fraction of sp³-hybridized carbons (Fsp3) is 0.579. The summed E-state index contributed by atoms with van der Waals surface area (Å²) in [5.74, 6) is -0.741. The summed E-state index contributed by atoms with van der Waals surface area (Å²) in [7, 11) is 0. The molecule has 0 aromatic heterocycles. The molecule has 1 aliphatic carbocycles. The van der Waals surface area contributed by atoms with Gasteiger partial charge in [0.15, 0.2) is 0 Å². The first-order chi connectivity index (χ1) is 11.2. The summed E-state index contributed by atoms with van der Waals surface area (Å²) in [6, 6.07) is 7.64. The minimum Gasteiger partial charge on any atom is -0.481 e. The molecule has 2 fully saturated rings. The predicted molar refractivity (Wildman–Crippen MR) is 92.9 cm³/mol. The molecule has 24 heavy (non-hydrogen) atoms. The van der Waals surface area contributed by atoms with Crippen molar-refractivity contribution in [1.82, 2.24) is 4.90 Å². The average molecular weight is 350 g/mol. The summed E-state index contributed by atoms with van der Waals surface area (Å²) >= 11 is 6.04. The van der Waals surface area contributed by atoms with Crippen molar-refractivity contribution in [3.05, 3.63) is 34.9 Å². The highest BCUT2D eigenvalue weighted by atomic mass is 35.5. The maximum Gasteiger partial charge on any atom is 0.307 e. The number of aliphatic carboxylic acids is 1. The van der Waals surface area contributed by atoms with Crippen molar-refractivity contribution < 1.29 is 14.7 Å². The van der Waals surface area contributed by atoms with Crippen LogP contribution in [0, 0.1) is 16.7 Å².